The van der Waals surface area contributed by atoms with Gasteiger partial charge < -0.3 is 14.2 Å². The molecular formula is C22H23NO4. The second-order valence-electron chi connectivity index (χ2n) is 6.25. The average molecular weight is 365 g/mol. The highest BCUT2D eigenvalue weighted by Gasteiger charge is 2.24. The number of hydrogen-bond acceptors (Lipinski definition) is 5. The predicted molar refractivity (Wildman–Crippen MR) is 105 cm³/mol. The molecule has 27 heavy (non-hydrogen) atoms. The van der Waals surface area contributed by atoms with Crippen LogP contribution >= 0.6 is 0 Å². The third-order valence-electron chi connectivity index (χ3n) is 4.35. The molecule has 0 saturated carbocycles. The second kappa shape index (κ2) is 8.54. The Bertz CT molecular complexity index is 882. The van der Waals surface area contributed by atoms with Gasteiger partial charge in [0.05, 0.1) is 14.2 Å². The van der Waals surface area contributed by atoms with Gasteiger partial charge in [0.15, 0.2) is 17.2 Å². The number of cyclic esters (lactones) is 1. The Morgan fingerprint density at radius 1 is 1.04 bits per heavy atom. The molecule has 1 heterocycles. The lowest BCUT2D eigenvalue weighted by Gasteiger charge is -2.07. The number of unbranched alkanes of at least 4 members (excludes halogenated alkanes) is 1. The SMILES string of the molecule is CCCCc1ccc(C2=NC(=Cc3ccc(OC)c(OC)c3)C(=O)O2)cc1. The molecule has 2 aromatic carbocycles. The molecule has 0 bridgehead atoms. The molecule has 1 aliphatic heterocycles. The summed E-state index contributed by atoms with van der Waals surface area (Å²) in [7, 11) is 3.15. The minimum Gasteiger partial charge on any atom is -0.493 e. The molecular weight excluding hydrogens is 342 g/mol. The normalized spacial score (nSPS) is 14.9. The molecule has 1 aliphatic rings. The number of ether oxygens (including phenoxy) is 3. The molecule has 0 aromatic heterocycles. The van der Waals surface area contributed by atoms with E-state index >= 15 is 0 Å². The van der Waals surface area contributed by atoms with Crippen LogP contribution in [0.25, 0.3) is 6.08 Å². The predicted octanol–water partition coefficient (Wildman–Crippen LogP) is 4.39. The Balaban J connectivity index is 1.82. The lowest BCUT2D eigenvalue weighted by atomic mass is 10.1. The fourth-order valence-corrected chi connectivity index (χ4v) is 2.83. The average Bonchev–Trinajstić information content (AvgIpc) is 3.07. The van der Waals surface area contributed by atoms with E-state index < -0.39 is 5.97 Å². The number of rotatable bonds is 7. The number of hydrogen-bond donors (Lipinski definition) is 0. The Morgan fingerprint density at radius 2 is 1.78 bits per heavy atom. The molecule has 2 aromatic rings. The zero-order valence-electron chi connectivity index (χ0n) is 15.8. The quantitative estimate of drug-likeness (QED) is 0.539. The number of methoxy groups -OCH3 is 2. The number of carbonyl (C=O) groups is 1. The zero-order valence-corrected chi connectivity index (χ0v) is 15.8. The van der Waals surface area contributed by atoms with Crippen molar-refractivity contribution in [3.8, 4) is 11.5 Å². The first-order chi connectivity index (χ1) is 13.1. The third-order valence-corrected chi connectivity index (χ3v) is 4.35. The van der Waals surface area contributed by atoms with Crippen LogP contribution in [0, 0.1) is 0 Å². The van der Waals surface area contributed by atoms with E-state index in [1.165, 1.54) is 5.56 Å². The van der Waals surface area contributed by atoms with E-state index in [4.69, 9.17) is 14.2 Å². The van der Waals surface area contributed by atoms with Crippen molar-refractivity contribution >= 4 is 17.9 Å². The molecule has 0 amide bonds. The van der Waals surface area contributed by atoms with Crippen molar-refractivity contribution in [1.29, 1.82) is 0 Å². The molecule has 0 N–H and O–H groups in total. The number of carbonyl (C=O) groups excluding carboxylic acids is 1. The van der Waals surface area contributed by atoms with E-state index in [-0.39, 0.29) is 5.70 Å². The lowest BCUT2D eigenvalue weighted by molar-refractivity contribution is -0.129. The van der Waals surface area contributed by atoms with E-state index in [0.717, 1.165) is 30.4 Å². The highest BCUT2D eigenvalue weighted by molar-refractivity contribution is 6.12. The van der Waals surface area contributed by atoms with Crippen LogP contribution in [0.4, 0.5) is 0 Å². The zero-order chi connectivity index (χ0) is 19.2. The van der Waals surface area contributed by atoms with Crippen molar-refractivity contribution < 1.29 is 19.0 Å². The first-order valence-electron chi connectivity index (χ1n) is 8.98. The van der Waals surface area contributed by atoms with Crippen LogP contribution in [-0.4, -0.2) is 26.1 Å². The summed E-state index contributed by atoms with van der Waals surface area (Å²) >= 11 is 0. The summed E-state index contributed by atoms with van der Waals surface area (Å²) in [5, 5.41) is 0. The molecule has 5 heteroatoms. The second-order valence-corrected chi connectivity index (χ2v) is 6.25. The lowest BCUT2D eigenvalue weighted by Crippen LogP contribution is -2.05. The fourth-order valence-electron chi connectivity index (χ4n) is 2.83. The Labute approximate surface area is 159 Å². The van der Waals surface area contributed by atoms with Gasteiger partial charge in [-0.2, -0.15) is 0 Å². The van der Waals surface area contributed by atoms with E-state index in [2.05, 4.69) is 24.0 Å². The topological polar surface area (TPSA) is 57.1 Å². The smallest absolute Gasteiger partial charge is 0.363 e. The number of nitrogens with zero attached hydrogens (tertiary/aromatic N) is 1. The number of aliphatic imine (C=N–C) groups is 1. The highest BCUT2D eigenvalue weighted by atomic mass is 16.6. The van der Waals surface area contributed by atoms with Crippen LogP contribution in [0.1, 0.15) is 36.5 Å². The molecule has 0 saturated heterocycles. The van der Waals surface area contributed by atoms with Crippen LogP contribution in [0.2, 0.25) is 0 Å². The summed E-state index contributed by atoms with van der Waals surface area (Å²) in [6.07, 6.45) is 5.05. The fraction of sp³-hybridized carbons (Fsp3) is 0.273. The number of aryl methyl sites for hydroxylation is 1. The monoisotopic (exact) mass is 365 g/mol. The molecule has 0 spiro atoms. The van der Waals surface area contributed by atoms with Crippen LogP contribution < -0.4 is 9.47 Å². The number of esters is 1. The summed E-state index contributed by atoms with van der Waals surface area (Å²) in [6.45, 7) is 2.17. The molecule has 0 fully saturated rings. The Morgan fingerprint density at radius 3 is 2.44 bits per heavy atom. The molecule has 5 nitrogen and oxygen atoms in total. The third kappa shape index (κ3) is 4.37. The summed E-state index contributed by atoms with van der Waals surface area (Å²) in [4.78, 5) is 16.5. The molecule has 0 atom stereocenters. The summed E-state index contributed by atoms with van der Waals surface area (Å²) in [5.41, 5.74) is 3.10. The first-order valence-corrected chi connectivity index (χ1v) is 8.98. The van der Waals surface area contributed by atoms with Gasteiger partial charge in [-0.3, -0.25) is 0 Å². The van der Waals surface area contributed by atoms with Crippen molar-refractivity contribution in [3.63, 3.8) is 0 Å². The van der Waals surface area contributed by atoms with Gasteiger partial charge >= 0.3 is 5.97 Å². The Hall–Kier alpha value is -3.08. The van der Waals surface area contributed by atoms with Gasteiger partial charge in [-0.25, -0.2) is 9.79 Å². The van der Waals surface area contributed by atoms with Gasteiger partial charge in [0.2, 0.25) is 5.90 Å². The molecule has 0 unspecified atom stereocenters. The molecule has 140 valence electrons. The van der Waals surface area contributed by atoms with Crippen molar-refractivity contribution in [2.45, 2.75) is 26.2 Å². The van der Waals surface area contributed by atoms with E-state index in [0.29, 0.717) is 17.4 Å². The van der Waals surface area contributed by atoms with E-state index in [1.807, 2.05) is 18.2 Å². The van der Waals surface area contributed by atoms with E-state index in [9.17, 15) is 4.79 Å². The van der Waals surface area contributed by atoms with Gasteiger partial charge in [0.25, 0.3) is 0 Å². The summed E-state index contributed by atoms with van der Waals surface area (Å²) in [5.74, 6) is 1.08. The van der Waals surface area contributed by atoms with Crippen molar-refractivity contribution in [3.05, 3.63) is 64.9 Å². The largest absolute Gasteiger partial charge is 0.493 e. The van der Waals surface area contributed by atoms with E-state index in [1.54, 1.807) is 32.4 Å². The van der Waals surface area contributed by atoms with Crippen LogP contribution in [-0.2, 0) is 16.0 Å². The summed E-state index contributed by atoms with van der Waals surface area (Å²) in [6, 6.07) is 13.4. The van der Waals surface area contributed by atoms with Crippen molar-refractivity contribution in [1.82, 2.24) is 0 Å². The first kappa shape index (κ1) is 18.7. The summed E-state index contributed by atoms with van der Waals surface area (Å²) < 4.78 is 15.9. The molecule has 0 radical (unpaired) electrons. The maximum Gasteiger partial charge on any atom is 0.363 e. The maximum absolute atomic E-state index is 12.2. The van der Waals surface area contributed by atoms with Crippen molar-refractivity contribution in [2.24, 2.45) is 4.99 Å². The molecule has 0 aliphatic carbocycles. The van der Waals surface area contributed by atoms with Gasteiger partial charge in [-0.1, -0.05) is 31.5 Å². The van der Waals surface area contributed by atoms with Crippen LogP contribution in [0.15, 0.2) is 53.2 Å². The van der Waals surface area contributed by atoms with Gasteiger partial charge in [0, 0.05) is 5.56 Å². The van der Waals surface area contributed by atoms with Crippen LogP contribution in [0.3, 0.4) is 0 Å². The van der Waals surface area contributed by atoms with Crippen LogP contribution in [0.5, 0.6) is 11.5 Å². The minimum atomic E-state index is -0.463. The van der Waals surface area contributed by atoms with Crippen molar-refractivity contribution in [2.75, 3.05) is 14.2 Å². The van der Waals surface area contributed by atoms with Gasteiger partial charge in [-0.15, -0.1) is 0 Å². The van der Waals surface area contributed by atoms with Gasteiger partial charge in [-0.05, 0) is 54.3 Å². The number of benzene rings is 2. The maximum atomic E-state index is 12.2. The van der Waals surface area contributed by atoms with Gasteiger partial charge in [0.1, 0.15) is 0 Å². The minimum absolute atomic E-state index is 0.257. The molecule has 3 rings (SSSR count). The Kier molecular flexibility index (Phi) is 5.91. The standard InChI is InChI=1S/C22H23NO4/c1-4-5-6-15-7-10-17(11-8-15)21-23-18(22(24)27-21)13-16-9-12-19(25-2)20(14-16)26-3/h7-14H,4-6H2,1-3H3. The highest BCUT2D eigenvalue weighted by Crippen LogP contribution is 2.29.